The van der Waals surface area contributed by atoms with Crippen LogP contribution in [0.25, 0.3) is 0 Å². The highest BCUT2D eigenvalue weighted by molar-refractivity contribution is 7.89. The molecule has 0 spiro atoms. The van der Waals surface area contributed by atoms with Gasteiger partial charge in [0.05, 0.1) is 0 Å². The van der Waals surface area contributed by atoms with Gasteiger partial charge < -0.3 is 5.32 Å². The Bertz CT molecular complexity index is 572. The molecule has 1 unspecified atom stereocenters. The first kappa shape index (κ1) is 15.7. The van der Waals surface area contributed by atoms with E-state index in [0.717, 1.165) is 38.4 Å². The molecule has 0 aliphatic carbocycles. The highest BCUT2D eigenvalue weighted by atomic mass is 35.5. The molecule has 1 fully saturated rings. The summed E-state index contributed by atoms with van der Waals surface area (Å²) in [6.07, 6.45) is 2.41. The summed E-state index contributed by atoms with van der Waals surface area (Å²) in [5.41, 5.74) is 0. The number of nitrogens with zero attached hydrogens (tertiary/aromatic N) is 1. The fraction of sp³-hybridized carbons (Fsp3) is 0.538. The van der Waals surface area contributed by atoms with Crippen molar-refractivity contribution >= 4 is 21.6 Å². The molecule has 1 atom stereocenters. The normalized spacial score (nSPS) is 20.9. The average Bonchev–Trinajstić information content (AvgIpc) is 2.66. The fourth-order valence-corrected chi connectivity index (χ4v) is 4.02. The van der Waals surface area contributed by atoms with Gasteiger partial charge in [-0.15, -0.1) is 0 Å². The predicted octanol–water partition coefficient (Wildman–Crippen LogP) is 2.24. The van der Waals surface area contributed by atoms with E-state index < -0.39 is 15.8 Å². The van der Waals surface area contributed by atoms with Gasteiger partial charge in [-0.05, 0) is 50.6 Å². The topological polar surface area (TPSA) is 49.4 Å². The molecule has 112 valence electrons. The Morgan fingerprint density at radius 1 is 1.35 bits per heavy atom. The summed E-state index contributed by atoms with van der Waals surface area (Å²) in [6, 6.07) is 3.53. The van der Waals surface area contributed by atoms with Gasteiger partial charge in [0.1, 0.15) is 10.7 Å². The molecule has 1 heterocycles. The number of nitrogens with one attached hydrogen (secondary N) is 1. The number of hydrogen-bond acceptors (Lipinski definition) is 3. The van der Waals surface area contributed by atoms with Crippen molar-refractivity contribution in [1.82, 2.24) is 9.62 Å². The number of hydrogen-bond donors (Lipinski definition) is 1. The molecule has 0 radical (unpaired) electrons. The van der Waals surface area contributed by atoms with Crippen molar-refractivity contribution in [3.05, 3.63) is 29.0 Å². The SMILES string of the molecule is CN(C1CCCNCC1)S(=O)(=O)c1ccc(Cl)cc1F. The Hall–Kier alpha value is -0.690. The summed E-state index contributed by atoms with van der Waals surface area (Å²) in [4.78, 5) is -0.318. The first-order chi connectivity index (χ1) is 9.43. The number of halogens is 2. The van der Waals surface area contributed by atoms with E-state index >= 15 is 0 Å². The van der Waals surface area contributed by atoms with Crippen LogP contribution in [0.5, 0.6) is 0 Å². The lowest BCUT2D eigenvalue weighted by atomic mass is 10.1. The zero-order valence-corrected chi connectivity index (χ0v) is 12.8. The van der Waals surface area contributed by atoms with E-state index in [4.69, 9.17) is 11.6 Å². The van der Waals surface area contributed by atoms with Gasteiger partial charge in [0.25, 0.3) is 0 Å². The van der Waals surface area contributed by atoms with Crippen LogP contribution < -0.4 is 5.32 Å². The van der Waals surface area contributed by atoms with E-state index in [1.165, 1.54) is 23.5 Å². The lowest BCUT2D eigenvalue weighted by Gasteiger charge is -2.26. The molecule has 4 nitrogen and oxygen atoms in total. The van der Waals surface area contributed by atoms with Crippen molar-refractivity contribution < 1.29 is 12.8 Å². The zero-order chi connectivity index (χ0) is 14.8. The molecular formula is C13H18ClFN2O2S. The van der Waals surface area contributed by atoms with Gasteiger partial charge in [-0.25, -0.2) is 12.8 Å². The summed E-state index contributed by atoms with van der Waals surface area (Å²) >= 11 is 5.66. The maximum Gasteiger partial charge on any atom is 0.245 e. The van der Waals surface area contributed by atoms with Crippen LogP contribution in [-0.4, -0.2) is 38.9 Å². The van der Waals surface area contributed by atoms with Crippen LogP contribution >= 0.6 is 11.6 Å². The molecule has 1 aromatic rings. The van der Waals surface area contributed by atoms with Crippen molar-refractivity contribution in [1.29, 1.82) is 0 Å². The van der Waals surface area contributed by atoms with Crippen LogP contribution in [0.4, 0.5) is 4.39 Å². The highest BCUT2D eigenvalue weighted by Gasteiger charge is 2.30. The van der Waals surface area contributed by atoms with Gasteiger partial charge in [-0.2, -0.15) is 4.31 Å². The fourth-order valence-electron chi connectivity index (χ4n) is 2.40. The number of benzene rings is 1. The summed E-state index contributed by atoms with van der Waals surface area (Å²) in [5, 5.41) is 3.41. The van der Waals surface area contributed by atoms with Crippen LogP contribution in [0.1, 0.15) is 19.3 Å². The van der Waals surface area contributed by atoms with E-state index in [2.05, 4.69) is 5.32 Å². The second-order valence-corrected chi connectivity index (χ2v) is 7.33. The van der Waals surface area contributed by atoms with E-state index in [1.807, 2.05) is 0 Å². The smallest absolute Gasteiger partial charge is 0.245 e. The van der Waals surface area contributed by atoms with Gasteiger partial charge >= 0.3 is 0 Å². The Kier molecular flexibility index (Phi) is 5.01. The summed E-state index contributed by atoms with van der Waals surface area (Å²) in [6.45, 7) is 1.66. The monoisotopic (exact) mass is 320 g/mol. The molecule has 7 heteroatoms. The minimum absolute atomic E-state index is 0.106. The van der Waals surface area contributed by atoms with Crippen molar-refractivity contribution in [3.8, 4) is 0 Å². The third kappa shape index (κ3) is 3.31. The van der Waals surface area contributed by atoms with Crippen LogP contribution in [0.3, 0.4) is 0 Å². The minimum atomic E-state index is -3.83. The maximum absolute atomic E-state index is 13.9. The molecule has 0 aromatic heterocycles. The maximum atomic E-state index is 13.9. The summed E-state index contributed by atoms with van der Waals surface area (Å²) in [7, 11) is -2.32. The quantitative estimate of drug-likeness (QED) is 0.929. The predicted molar refractivity (Wildman–Crippen MR) is 76.9 cm³/mol. The molecule has 1 aliphatic rings. The van der Waals surface area contributed by atoms with Crippen molar-refractivity contribution in [2.24, 2.45) is 0 Å². The molecule has 0 saturated carbocycles. The molecule has 1 saturated heterocycles. The molecule has 0 amide bonds. The lowest BCUT2D eigenvalue weighted by molar-refractivity contribution is 0.340. The average molecular weight is 321 g/mol. The van der Waals surface area contributed by atoms with Gasteiger partial charge in [-0.1, -0.05) is 11.6 Å². The Balaban J connectivity index is 2.28. The summed E-state index contributed by atoms with van der Waals surface area (Å²) < 4.78 is 40.1. The molecule has 1 aliphatic heterocycles. The van der Waals surface area contributed by atoms with Gasteiger partial charge in [0.2, 0.25) is 10.0 Å². The third-order valence-electron chi connectivity index (χ3n) is 3.61. The highest BCUT2D eigenvalue weighted by Crippen LogP contribution is 2.25. The van der Waals surface area contributed by atoms with Crippen molar-refractivity contribution in [2.45, 2.75) is 30.2 Å². The molecule has 1 N–H and O–H groups in total. The zero-order valence-electron chi connectivity index (χ0n) is 11.3. The molecule has 1 aromatic carbocycles. The lowest BCUT2D eigenvalue weighted by Crippen LogP contribution is -2.37. The Morgan fingerprint density at radius 3 is 2.80 bits per heavy atom. The van der Waals surface area contributed by atoms with Crippen LogP contribution in [0, 0.1) is 5.82 Å². The van der Waals surface area contributed by atoms with E-state index in [-0.39, 0.29) is 16.0 Å². The van der Waals surface area contributed by atoms with E-state index in [0.29, 0.717) is 0 Å². The molecule has 2 rings (SSSR count). The van der Waals surface area contributed by atoms with E-state index in [9.17, 15) is 12.8 Å². The van der Waals surface area contributed by atoms with Crippen molar-refractivity contribution in [3.63, 3.8) is 0 Å². The van der Waals surface area contributed by atoms with Gasteiger partial charge in [-0.3, -0.25) is 0 Å². The second kappa shape index (κ2) is 6.39. The standard InChI is InChI=1S/C13H18ClFN2O2S/c1-17(11-3-2-7-16-8-6-11)20(18,19)13-5-4-10(14)9-12(13)15/h4-5,9,11,16H,2-3,6-8H2,1H3. The van der Waals surface area contributed by atoms with Crippen LogP contribution in [0.2, 0.25) is 5.02 Å². The van der Waals surface area contributed by atoms with Crippen LogP contribution in [0.15, 0.2) is 23.1 Å². The molecular weight excluding hydrogens is 303 g/mol. The first-order valence-electron chi connectivity index (χ1n) is 6.57. The minimum Gasteiger partial charge on any atom is -0.317 e. The van der Waals surface area contributed by atoms with E-state index in [1.54, 1.807) is 0 Å². The summed E-state index contributed by atoms with van der Waals surface area (Å²) in [5.74, 6) is -0.809. The molecule has 0 bridgehead atoms. The number of rotatable bonds is 3. The van der Waals surface area contributed by atoms with Crippen molar-refractivity contribution in [2.75, 3.05) is 20.1 Å². The largest absolute Gasteiger partial charge is 0.317 e. The third-order valence-corrected chi connectivity index (χ3v) is 5.79. The Morgan fingerprint density at radius 2 is 2.10 bits per heavy atom. The van der Waals surface area contributed by atoms with Crippen LogP contribution in [-0.2, 0) is 10.0 Å². The Labute approximate surface area is 124 Å². The van der Waals surface area contributed by atoms with Gasteiger partial charge in [0, 0.05) is 18.1 Å². The van der Waals surface area contributed by atoms with Gasteiger partial charge in [0.15, 0.2) is 0 Å². The molecule has 20 heavy (non-hydrogen) atoms. The first-order valence-corrected chi connectivity index (χ1v) is 8.38. The second-order valence-electron chi connectivity index (χ2n) is 4.93. The number of sulfonamides is 1.